The summed E-state index contributed by atoms with van der Waals surface area (Å²) < 4.78 is 2.55. The lowest BCUT2D eigenvalue weighted by atomic mass is 9.65. The van der Waals surface area contributed by atoms with Crippen LogP contribution in [0.1, 0.15) is 44.5 Å². The molecule has 354 valence electrons. The van der Waals surface area contributed by atoms with Gasteiger partial charge >= 0.3 is 0 Å². The van der Waals surface area contributed by atoms with E-state index in [1.807, 2.05) is 0 Å². The van der Waals surface area contributed by atoms with Gasteiger partial charge in [-0.05, 0) is 138 Å². The summed E-state index contributed by atoms with van der Waals surface area (Å²) in [6.45, 7) is 0. The number of anilines is 3. The highest BCUT2D eigenvalue weighted by Crippen LogP contribution is 2.62. The molecule has 12 aromatic carbocycles. The highest BCUT2D eigenvalue weighted by Gasteiger charge is 2.51. The van der Waals surface area contributed by atoms with Gasteiger partial charge in [-0.25, -0.2) is 0 Å². The molecule has 0 amide bonds. The standard InChI is InChI=1S/C74H48N2/c1-4-19-49(20-5-1)50-35-37-51(38-36-50)52-39-41-55(42-40-52)75(57-43-45-61-60-27-10-13-29-64(60)73(69(61)48-57,53-21-6-2-7-22-53)54-23-8-3-9-24-54)56-44-46-70-63(47-56)62-28-18-33-68-72(62)76(70)71-34-17-16-32-67(71)74(68)65-30-14-11-25-58(65)59-26-12-15-31-66(59)74/h1-48H. The van der Waals surface area contributed by atoms with Gasteiger partial charge in [0.05, 0.1) is 27.6 Å². The van der Waals surface area contributed by atoms with Crippen molar-refractivity contribution >= 4 is 38.9 Å². The molecule has 1 aliphatic heterocycles. The van der Waals surface area contributed by atoms with Crippen LogP contribution in [0, 0.1) is 0 Å². The van der Waals surface area contributed by atoms with E-state index in [2.05, 4.69) is 301 Å². The number of rotatable bonds is 7. The van der Waals surface area contributed by atoms with Crippen molar-refractivity contribution in [3.8, 4) is 50.2 Å². The molecule has 2 nitrogen and oxygen atoms in total. The molecule has 1 aromatic heterocycles. The fourth-order valence-corrected chi connectivity index (χ4v) is 14.0. The fraction of sp³-hybridized carbons (Fsp3) is 0.0270. The van der Waals surface area contributed by atoms with Crippen molar-refractivity contribution in [2.45, 2.75) is 10.8 Å². The second-order valence-electron chi connectivity index (χ2n) is 20.7. The van der Waals surface area contributed by atoms with Crippen molar-refractivity contribution in [2.75, 3.05) is 4.90 Å². The van der Waals surface area contributed by atoms with E-state index in [4.69, 9.17) is 0 Å². The smallest absolute Gasteiger partial charge is 0.0754 e. The molecule has 0 bridgehead atoms. The summed E-state index contributed by atoms with van der Waals surface area (Å²) in [6, 6.07) is 109. The summed E-state index contributed by atoms with van der Waals surface area (Å²) in [7, 11) is 0. The minimum absolute atomic E-state index is 0.474. The van der Waals surface area contributed by atoms with Crippen LogP contribution in [0.4, 0.5) is 17.1 Å². The lowest BCUT2D eigenvalue weighted by Crippen LogP contribution is -2.33. The van der Waals surface area contributed by atoms with Crippen LogP contribution in [0.15, 0.2) is 291 Å². The average molecular weight is 965 g/mol. The number of hydrogen-bond donors (Lipinski definition) is 0. The zero-order valence-electron chi connectivity index (χ0n) is 41.6. The molecule has 13 aromatic rings. The van der Waals surface area contributed by atoms with Crippen LogP contribution in [0.2, 0.25) is 0 Å². The molecular weight excluding hydrogens is 917 g/mol. The molecule has 0 unspecified atom stereocenters. The Hall–Kier alpha value is -9.76. The van der Waals surface area contributed by atoms with E-state index < -0.39 is 10.8 Å². The van der Waals surface area contributed by atoms with Gasteiger partial charge in [0.1, 0.15) is 0 Å². The van der Waals surface area contributed by atoms with Gasteiger partial charge in [-0.3, -0.25) is 0 Å². The molecule has 0 fully saturated rings. The van der Waals surface area contributed by atoms with Crippen LogP contribution in [-0.4, -0.2) is 4.57 Å². The van der Waals surface area contributed by atoms with Gasteiger partial charge in [0.15, 0.2) is 0 Å². The van der Waals surface area contributed by atoms with E-state index in [-0.39, 0.29) is 0 Å². The van der Waals surface area contributed by atoms with E-state index in [1.54, 1.807) is 0 Å². The third kappa shape index (κ3) is 5.81. The number of fused-ring (bicyclic) bond motifs is 15. The lowest BCUT2D eigenvalue weighted by molar-refractivity contribution is 0.748. The highest BCUT2D eigenvalue weighted by molar-refractivity contribution is 6.14. The average Bonchev–Trinajstić information content (AvgIpc) is 4.11. The van der Waals surface area contributed by atoms with Crippen LogP contribution >= 0.6 is 0 Å². The van der Waals surface area contributed by atoms with E-state index >= 15 is 0 Å². The number of hydrogen-bond acceptors (Lipinski definition) is 1. The maximum absolute atomic E-state index is 2.55. The Bertz CT molecular complexity index is 4350. The summed E-state index contributed by atoms with van der Waals surface area (Å²) in [6.07, 6.45) is 0. The largest absolute Gasteiger partial charge is 0.310 e. The first-order valence-corrected chi connectivity index (χ1v) is 26.5. The summed E-state index contributed by atoms with van der Waals surface area (Å²) in [4.78, 5) is 2.48. The zero-order chi connectivity index (χ0) is 50.0. The van der Waals surface area contributed by atoms with Gasteiger partial charge in [-0.2, -0.15) is 0 Å². The number of nitrogens with zero attached hydrogens (tertiary/aromatic N) is 2. The highest BCUT2D eigenvalue weighted by atomic mass is 15.1. The third-order valence-electron chi connectivity index (χ3n) is 17.1. The normalized spacial score (nSPS) is 13.7. The van der Waals surface area contributed by atoms with Crippen molar-refractivity contribution in [3.05, 3.63) is 336 Å². The molecular formula is C74H48N2. The summed E-state index contributed by atoms with van der Waals surface area (Å²) in [5.74, 6) is 0. The van der Waals surface area contributed by atoms with Crippen LogP contribution < -0.4 is 4.90 Å². The molecule has 0 N–H and O–H groups in total. The number of para-hydroxylation sites is 2. The van der Waals surface area contributed by atoms with E-state index in [1.165, 1.54) is 117 Å². The predicted octanol–water partition coefficient (Wildman–Crippen LogP) is 18.6. The summed E-state index contributed by atoms with van der Waals surface area (Å²) in [5, 5.41) is 2.47. The molecule has 0 saturated carbocycles. The van der Waals surface area contributed by atoms with E-state index in [0.717, 1.165) is 17.1 Å². The first-order valence-electron chi connectivity index (χ1n) is 26.5. The Morgan fingerprint density at radius 2 is 0.697 bits per heavy atom. The Labute approximate surface area is 442 Å². The molecule has 3 aliphatic rings. The molecule has 2 aliphatic carbocycles. The van der Waals surface area contributed by atoms with Crippen LogP contribution in [0.3, 0.4) is 0 Å². The third-order valence-corrected chi connectivity index (χ3v) is 17.1. The van der Waals surface area contributed by atoms with Gasteiger partial charge in [-0.15, -0.1) is 0 Å². The second kappa shape index (κ2) is 16.4. The SMILES string of the molecule is c1ccc(-c2ccc(-c3ccc(N(c4ccc5c(c4)C(c4ccccc4)(c4ccccc4)c4ccccc4-5)c4ccc5c(c4)c4cccc6c4n5-c4ccccc4C64c5ccccc5-c5ccccc54)cc3)cc2)cc1. The number of benzene rings is 12. The minimum Gasteiger partial charge on any atom is -0.310 e. The maximum Gasteiger partial charge on any atom is 0.0754 e. The first kappa shape index (κ1) is 42.7. The molecule has 16 rings (SSSR count). The van der Waals surface area contributed by atoms with Crippen LogP contribution in [0.25, 0.3) is 72.0 Å². The van der Waals surface area contributed by atoms with Crippen molar-refractivity contribution in [3.63, 3.8) is 0 Å². The monoisotopic (exact) mass is 964 g/mol. The van der Waals surface area contributed by atoms with Gasteiger partial charge in [0.2, 0.25) is 0 Å². The fourth-order valence-electron chi connectivity index (χ4n) is 14.0. The predicted molar refractivity (Wildman–Crippen MR) is 315 cm³/mol. The van der Waals surface area contributed by atoms with Gasteiger partial charge in [0.25, 0.3) is 0 Å². The second-order valence-corrected chi connectivity index (χ2v) is 20.7. The maximum atomic E-state index is 2.55. The van der Waals surface area contributed by atoms with Crippen LogP contribution in [-0.2, 0) is 10.8 Å². The minimum atomic E-state index is -0.546. The summed E-state index contributed by atoms with van der Waals surface area (Å²) in [5.41, 5.74) is 26.3. The molecule has 76 heavy (non-hydrogen) atoms. The van der Waals surface area contributed by atoms with Gasteiger partial charge in [0, 0.05) is 27.8 Å². The van der Waals surface area contributed by atoms with Crippen LogP contribution in [0.5, 0.6) is 0 Å². The van der Waals surface area contributed by atoms with Gasteiger partial charge in [-0.1, -0.05) is 243 Å². The van der Waals surface area contributed by atoms with E-state index in [0.29, 0.717) is 0 Å². The Kier molecular flexibility index (Phi) is 9.20. The van der Waals surface area contributed by atoms with Crippen molar-refractivity contribution in [1.29, 1.82) is 0 Å². The zero-order valence-corrected chi connectivity index (χ0v) is 41.6. The Morgan fingerprint density at radius 3 is 1.30 bits per heavy atom. The van der Waals surface area contributed by atoms with Crippen molar-refractivity contribution in [1.82, 2.24) is 4.57 Å². The topological polar surface area (TPSA) is 8.17 Å². The molecule has 0 atom stereocenters. The molecule has 2 heteroatoms. The van der Waals surface area contributed by atoms with Crippen molar-refractivity contribution in [2.24, 2.45) is 0 Å². The first-order chi connectivity index (χ1) is 37.7. The Morgan fingerprint density at radius 1 is 0.263 bits per heavy atom. The molecule has 2 heterocycles. The van der Waals surface area contributed by atoms with Gasteiger partial charge < -0.3 is 9.47 Å². The number of aromatic nitrogens is 1. The van der Waals surface area contributed by atoms with Crippen molar-refractivity contribution < 1.29 is 0 Å². The molecule has 1 spiro atoms. The quantitative estimate of drug-likeness (QED) is 0.155. The molecule has 0 radical (unpaired) electrons. The summed E-state index contributed by atoms with van der Waals surface area (Å²) >= 11 is 0. The van der Waals surface area contributed by atoms with E-state index in [9.17, 15) is 0 Å². The lowest BCUT2D eigenvalue weighted by Gasteiger charge is -2.39. The Balaban J connectivity index is 0.925. The molecule has 0 saturated heterocycles.